The third-order valence-corrected chi connectivity index (χ3v) is 3.27. The number of nitro benzene ring substituents is 1. The van der Waals surface area contributed by atoms with E-state index in [0.29, 0.717) is 6.42 Å². The molecule has 0 bridgehead atoms. The second-order valence-corrected chi connectivity index (χ2v) is 4.81. The van der Waals surface area contributed by atoms with Gasteiger partial charge in [-0.25, -0.2) is 0 Å². The normalized spacial score (nSPS) is 11.9. The van der Waals surface area contributed by atoms with Gasteiger partial charge in [0.1, 0.15) is 5.69 Å². The number of rotatable bonds is 6. The van der Waals surface area contributed by atoms with Crippen molar-refractivity contribution in [3.05, 3.63) is 32.3 Å². The lowest BCUT2D eigenvalue weighted by atomic mass is 10.1. The lowest BCUT2D eigenvalue weighted by molar-refractivity contribution is -0.383. The SMILES string of the molecule is CC(CCNc1cc(Cl)c(Cl)cc1[N+](=O)[O-])C(=O)O. The zero-order chi connectivity index (χ0) is 14.6. The summed E-state index contributed by atoms with van der Waals surface area (Å²) in [6, 6.07) is 2.51. The Balaban J connectivity index is 2.80. The highest BCUT2D eigenvalue weighted by molar-refractivity contribution is 6.42. The minimum atomic E-state index is -0.912. The van der Waals surface area contributed by atoms with Crippen LogP contribution in [0.15, 0.2) is 12.1 Å². The van der Waals surface area contributed by atoms with E-state index in [1.165, 1.54) is 6.07 Å². The van der Waals surface area contributed by atoms with Crippen molar-refractivity contribution >= 4 is 40.5 Å². The van der Waals surface area contributed by atoms with E-state index < -0.39 is 16.8 Å². The quantitative estimate of drug-likeness (QED) is 0.620. The number of halogens is 2. The van der Waals surface area contributed by atoms with Gasteiger partial charge in [-0.3, -0.25) is 14.9 Å². The molecule has 8 heteroatoms. The number of anilines is 1. The van der Waals surface area contributed by atoms with Gasteiger partial charge in [0, 0.05) is 12.6 Å². The molecule has 0 amide bonds. The second kappa shape index (κ2) is 6.58. The molecule has 1 atom stereocenters. The fourth-order valence-corrected chi connectivity index (χ4v) is 1.70. The summed E-state index contributed by atoms with van der Waals surface area (Å²) in [7, 11) is 0. The molecule has 1 aromatic rings. The van der Waals surface area contributed by atoms with E-state index in [1.54, 1.807) is 6.92 Å². The average molecular weight is 307 g/mol. The highest BCUT2D eigenvalue weighted by Crippen LogP contribution is 2.33. The molecule has 0 fully saturated rings. The molecule has 2 N–H and O–H groups in total. The Labute approximate surface area is 119 Å². The van der Waals surface area contributed by atoms with E-state index in [9.17, 15) is 14.9 Å². The monoisotopic (exact) mass is 306 g/mol. The van der Waals surface area contributed by atoms with Crippen LogP contribution in [0.2, 0.25) is 10.0 Å². The van der Waals surface area contributed by atoms with Gasteiger partial charge in [0.25, 0.3) is 5.69 Å². The lowest BCUT2D eigenvalue weighted by Crippen LogP contribution is -2.14. The first-order chi connectivity index (χ1) is 8.82. The predicted octanol–water partition coefficient (Wildman–Crippen LogP) is 3.42. The fourth-order valence-electron chi connectivity index (χ4n) is 1.38. The third-order valence-electron chi connectivity index (χ3n) is 2.55. The standard InChI is InChI=1S/C11H12Cl2N2O4/c1-6(11(16)17)2-3-14-9-4-7(12)8(13)5-10(9)15(18)19/h4-6,14H,2-3H2,1H3,(H,16,17). The Morgan fingerprint density at radius 2 is 2.05 bits per heavy atom. The van der Waals surface area contributed by atoms with Crippen LogP contribution in [0, 0.1) is 16.0 Å². The molecule has 0 aliphatic rings. The summed E-state index contributed by atoms with van der Waals surface area (Å²) >= 11 is 11.5. The van der Waals surface area contributed by atoms with Crippen LogP contribution >= 0.6 is 23.2 Å². The molecule has 0 aliphatic heterocycles. The Hall–Kier alpha value is -1.53. The van der Waals surface area contributed by atoms with Crippen molar-refractivity contribution < 1.29 is 14.8 Å². The topological polar surface area (TPSA) is 92.5 Å². The third kappa shape index (κ3) is 4.25. The average Bonchev–Trinajstić information content (AvgIpc) is 2.32. The van der Waals surface area contributed by atoms with Crippen LogP contribution in [-0.2, 0) is 4.79 Å². The van der Waals surface area contributed by atoms with Gasteiger partial charge in [-0.05, 0) is 12.5 Å². The highest BCUT2D eigenvalue weighted by atomic mass is 35.5. The maximum atomic E-state index is 10.9. The van der Waals surface area contributed by atoms with Crippen LogP contribution in [0.1, 0.15) is 13.3 Å². The number of benzene rings is 1. The van der Waals surface area contributed by atoms with Gasteiger partial charge in [-0.15, -0.1) is 0 Å². The van der Waals surface area contributed by atoms with Crippen molar-refractivity contribution in [1.29, 1.82) is 0 Å². The van der Waals surface area contributed by atoms with E-state index in [1.807, 2.05) is 0 Å². The molecule has 1 unspecified atom stereocenters. The summed E-state index contributed by atoms with van der Waals surface area (Å²) in [4.78, 5) is 20.9. The molecule has 6 nitrogen and oxygen atoms in total. The zero-order valence-corrected chi connectivity index (χ0v) is 11.5. The largest absolute Gasteiger partial charge is 0.481 e. The molecule has 1 rings (SSSR count). The summed E-state index contributed by atoms with van der Waals surface area (Å²) in [6.45, 7) is 1.85. The van der Waals surface area contributed by atoms with E-state index in [4.69, 9.17) is 28.3 Å². The number of hydrogen-bond acceptors (Lipinski definition) is 4. The zero-order valence-electron chi connectivity index (χ0n) is 10.0. The van der Waals surface area contributed by atoms with Gasteiger partial charge in [0.15, 0.2) is 0 Å². The van der Waals surface area contributed by atoms with Crippen molar-refractivity contribution in [2.45, 2.75) is 13.3 Å². The molecule has 0 spiro atoms. The number of aliphatic carboxylic acids is 1. The van der Waals surface area contributed by atoms with Gasteiger partial charge in [0.2, 0.25) is 0 Å². The molecule has 0 saturated heterocycles. The Kier molecular flexibility index (Phi) is 5.38. The summed E-state index contributed by atoms with van der Waals surface area (Å²) in [5, 5.41) is 22.7. The predicted molar refractivity (Wildman–Crippen MR) is 73.0 cm³/mol. The Bertz CT molecular complexity index is 508. The molecule has 1 aromatic carbocycles. The fraction of sp³-hybridized carbons (Fsp3) is 0.364. The number of nitrogens with zero attached hydrogens (tertiary/aromatic N) is 1. The summed E-state index contributed by atoms with van der Waals surface area (Å²) in [5.74, 6) is -1.44. The van der Waals surface area contributed by atoms with Crippen LogP contribution in [0.5, 0.6) is 0 Å². The van der Waals surface area contributed by atoms with Crippen molar-refractivity contribution in [2.24, 2.45) is 5.92 Å². The van der Waals surface area contributed by atoms with Gasteiger partial charge in [-0.1, -0.05) is 30.1 Å². The highest BCUT2D eigenvalue weighted by Gasteiger charge is 2.17. The van der Waals surface area contributed by atoms with Crippen LogP contribution in [0.25, 0.3) is 0 Å². The molecule has 0 radical (unpaired) electrons. The first-order valence-electron chi connectivity index (χ1n) is 5.43. The smallest absolute Gasteiger partial charge is 0.306 e. The van der Waals surface area contributed by atoms with E-state index in [0.717, 1.165) is 6.07 Å². The molecular weight excluding hydrogens is 295 g/mol. The maximum absolute atomic E-state index is 10.9. The minimum Gasteiger partial charge on any atom is -0.481 e. The van der Waals surface area contributed by atoms with Crippen molar-refractivity contribution in [1.82, 2.24) is 0 Å². The maximum Gasteiger partial charge on any atom is 0.306 e. The van der Waals surface area contributed by atoms with Gasteiger partial charge in [0.05, 0.1) is 20.9 Å². The Morgan fingerprint density at radius 1 is 1.47 bits per heavy atom. The first kappa shape index (κ1) is 15.5. The van der Waals surface area contributed by atoms with Crippen LogP contribution in [0.3, 0.4) is 0 Å². The van der Waals surface area contributed by atoms with E-state index >= 15 is 0 Å². The van der Waals surface area contributed by atoms with Crippen molar-refractivity contribution in [3.63, 3.8) is 0 Å². The summed E-state index contributed by atoms with van der Waals surface area (Å²) in [5.41, 5.74) is 0.0226. The summed E-state index contributed by atoms with van der Waals surface area (Å²) in [6.07, 6.45) is 0.340. The number of hydrogen-bond donors (Lipinski definition) is 2. The van der Waals surface area contributed by atoms with Gasteiger partial charge < -0.3 is 10.4 Å². The number of nitrogens with one attached hydrogen (secondary N) is 1. The van der Waals surface area contributed by atoms with Gasteiger partial charge >= 0.3 is 5.97 Å². The van der Waals surface area contributed by atoms with E-state index in [2.05, 4.69) is 5.32 Å². The number of carboxylic acid groups (broad SMARTS) is 1. The minimum absolute atomic E-state index is 0.0952. The number of nitro groups is 1. The van der Waals surface area contributed by atoms with Crippen molar-refractivity contribution in [3.8, 4) is 0 Å². The number of carboxylic acids is 1. The second-order valence-electron chi connectivity index (χ2n) is 4.00. The molecule has 0 aromatic heterocycles. The lowest BCUT2D eigenvalue weighted by Gasteiger charge is -2.10. The van der Waals surface area contributed by atoms with Gasteiger partial charge in [-0.2, -0.15) is 0 Å². The van der Waals surface area contributed by atoms with E-state index in [-0.39, 0.29) is 28.0 Å². The van der Waals surface area contributed by atoms with Crippen LogP contribution < -0.4 is 5.32 Å². The van der Waals surface area contributed by atoms with Crippen molar-refractivity contribution in [2.75, 3.05) is 11.9 Å². The molecule has 104 valence electrons. The molecule has 0 aliphatic carbocycles. The number of carbonyl (C=O) groups is 1. The van der Waals surface area contributed by atoms with Crippen LogP contribution in [0.4, 0.5) is 11.4 Å². The first-order valence-corrected chi connectivity index (χ1v) is 6.18. The molecular formula is C11H12Cl2N2O4. The Morgan fingerprint density at radius 3 is 2.58 bits per heavy atom. The molecule has 0 heterocycles. The molecule has 0 saturated carbocycles. The molecule has 19 heavy (non-hydrogen) atoms. The summed E-state index contributed by atoms with van der Waals surface area (Å²) < 4.78 is 0. The van der Waals surface area contributed by atoms with Crippen LogP contribution in [-0.4, -0.2) is 22.5 Å².